The van der Waals surface area contributed by atoms with Gasteiger partial charge in [0.2, 0.25) is 0 Å². The van der Waals surface area contributed by atoms with Crippen molar-refractivity contribution in [3.05, 3.63) is 18.0 Å². The molecule has 1 aromatic rings. The van der Waals surface area contributed by atoms with Crippen molar-refractivity contribution in [2.24, 2.45) is 0 Å². The van der Waals surface area contributed by atoms with Crippen LogP contribution in [0.2, 0.25) is 0 Å². The van der Waals surface area contributed by atoms with Crippen molar-refractivity contribution in [1.82, 2.24) is 15.1 Å². The van der Waals surface area contributed by atoms with Crippen LogP contribution in [0, 0.1) is 0 Å². The van der Waals surface area contributed by atoms with Crippen molar-refractivity contribution in [2.75, 3.05) is 13.1 Å². The molecular weight excluding hydrogens is 170 g/mol. The Kier molecular flexibility index (Phi) is 2.30. The number of aromatic nitrogens is 2. The van der Waals surface area contributed by atoms with Crippen LogP contribution in [0.1, 0.15) is 5.69 Å². The zero-order valence-electron chi connectivity index (χ0n) is 7.22. The molecule has 3 N–H and O–H groups in total. The summed E-state index contributed by atoms with van der Waals surface area (Å²) < 4.78 is 0. The van der Waals surface area contributed by atoms with E-state index in [1.165, 1.54) is 0 Å². The van der Waals surface area contributed by atoms with E-state index >= 15 is 0 Å². The van der Waals surface area contributed by atoms with E-state index in [2.05, 4.69) is 10.2 Å². The Bertz CT molecular complexity index is 252. The molecule has 5 nitrogen and oxygen atoms in total. The SMILES string of the molecule is O[C@@H]1CN(Cc2ccn[nH]2)C[C@@H]1O. The lowest BCUT2D eigenvalue weighted by molar-refractivity contribution is 0.0572. The Morgan fingerprint density at radius 3 is 2.69 bits per heavy atom. The fourth-order valence-corrected chi connectivity index (χ4v) is 1.59. The third kappa shape index (κ3) is 1.88. The summed E-state index contributed by atoms with van der Waals surface area (Å²) in [5.41, 5.74) is 1.00. The molecule has 72 valence electrons. The Labute approximate surface area is 76.0 Å². The van der Waals surface area contributed by atoms with Crippen molar-refractivity contribution in [3.8, 4) is 0 Å². The van der Waals surface area contributed by atoms with Gasteiger partial charge in [-0.25, -0.2) is 0 Å². The molecule has 1 saturated heterocycles. The molecule has 0 radical (unpaired) electrons. The van der Waals surface area contributed by atoms with E-state index in [0.29, 0.717) is 19.6 Å². The van der Waals surface area contributed by atoms with Gasteiger partial charge in [0, 0.05) is 31.5 Å². The zero-order valence-corrected chi connectivity index (χ0v) is 7.22. The molecule has 13 heavy (non-hydrogen) atoms. The molecule has 0 aromatic carbocycles. The van der Waals surface area contributed by atoms with Crippen LogP contribution in [0.3, 0.4) is 0 Å². The molecule has 2 atom stereocenters. The Balaban J connectivity index is 1.91. The highest BCUT2D eigenvalue weighted by atomic mass is 16.3. The number of H-pyrrole nitrogens is 1. The molecule has 0 unspecified atom stereocenters. The van der Waals surface area contributed by atoms with Gasteiger partial charge in [0.1, 0.15) is 0 Å². The van der Waals surface area contributed by atoms with E-state index in [1.807, 2.05) is 11.0 Å². The second-order valence-electron chi connectivity index (χ2n) is 3.41. The fourth-order valence-electron chi connectivity index (χ4n) is 1.59. The number of aliphatic hydroxyl groups is 2. The van der Waals surface area contributed by atoms with Crippen LogP contribution >= 0.6 is 0 Å². The van der Waals surface area contributed by atoms with Crippen molar-refractivity contribution >= 4 is 0 Å². The quantitative estimate of drug-likeness (QED) is 0.547. The zero-order chi connectivity index (χ0) is 9.26. The van der Waals surface area contributed by atoms with Crippen LogP contribution in [0.25, 0.3) is 0 Å². The third-order valence-electron chi connectivity index (χ3n) is 2.29. The second-order valence-corrected chi connectivity index (χ2v) is 3.41. The number of nitrogens with zero attached hydrogens (tertiary/aromatic N) is 2. The summed E-state index contributed by atoms with van der Waals surface area (Å²) in [7, 11) is 0. The molecule has 0 aliphatic carbocycles. The summed E-state index contributed by atoms with van der Waals surface area (Å²) in [4.78, 5) is 1.99. The van der Waals surface area contributed by atoms with E-state index in [-0.39, 0.29) is 0 Å². The second kappa shape index (κ2) is 3.45. The minimum absolute atomic E-state index is 0.528. The van der Waals surface area contributed by atoms with Gasteiger partial charge in [-0.05, 0) is 6.07 Å². The first-order chi connectivity index (χ1) is 6.25. The largest absolute Gasteiger partial charge is 0.389 e. The molecular formula is C8H13N3O2. The lowest BCUT2D eigenvalue weighted by Gasteiger charge is -2.12. The number of rotatable bonds is 2. The van der Waals surface area contributed by atoms with Gasteiger partial charge < -0.3 is 10.2 Å². The topological polar surface area (TPSA) is 72.4 Å². The molecule has 1 aliphatic rings. The average molecular weight is 183 g/mol. The first-order valence-electron chi connectivity index (χ1n) is 4.32. The average Bonchev–Trinajstić information content (AvgIpc) is 2.64. The van der Waals surface area contributed by atoms with Gasteiger partial charge in [-0.3, -0.25) is 10.00 Å². The molecule has 0 amide bonds. The number of hydrogen-bond acceptors (Lipinski definition) is 4. The standard InChI is InChI=1S/C8H13N3O2/c12-7-4-11(5-8(7)13)3-6-1-2-9-10-6/h1-2,7-8,12-13H,3-5H2,(H,9,10)/t7-,8+. The van der Waals surface area contributed by atoms with Crippen LogP contribution in [-0.4, -0.2) is 50.6 Å². The first kappa shape index (κ1) is 8.68. The van der Waals surface area contributed by atoms with E-state index < -0.39 is 12.2 Å². The van der Waals surface area contributed by atoms with Crippen LogP contribution in [-0.2, 0) is 6.54 Å². The Morgan fingerprint density at radius 2 is 2.15 bits per heavy atom. The molecule has 0 bridgehead atoms. The van der Waals surface area contributed by atoms with Crippen molar-refractivity contribution in [1.29, 1.82) is 0 Å². The van der Waals surface area contributed by atoms with E-state index in [9.17, 15) is 10.2 Å². The number of hydrogen-bond donors (Lipinski definition) is 3. The van der Waals surface area contributed by atoms with Gasteiger partial charge in [0.05, 0.1) is 12.2 Å². The maximum Gasteiger partial charge on any atom is 0.0938 e. The lowest BCUT2D eigenvalue weighted by atomic mass is 10.3. The first-order valence-corrected chi connectivity index (χ1v) is 4.32. The van der Waals surface area contributed by atoms with Gasteiger partial charge in [0.25, 0.3) is 0 Å². The fraction of sp³-hybridized carbons (Fsp3) is 0.625. The number of likely N-dealkylation sites (tertiary alicyclic amines) is 1. The summed E-state index contributed by atoms with van der Waals surface area (Å²) in [6, 6.07) is 1.89. The van der Waals surface area contributed by atoms with Crippen LogP contribution in [0.5, 0.6) is 0 Å². The summed E-state index contributed by atoms with van der Waals surface area (Å²) in [5.74, 6) is 0. The van der Waals surface area contributed by atoms with E-state index in [4.69, 9.17) is 0 Å². The lowest BCUT2D eigenvalue weighted by Crippen LogP contribution is -2.22. The molecule has 5 heteroatoms. The summed E-state index contributed by atoms with van der Waals surface area (Å²) >= 11 is 0. The summed E-state index contributed by atoms with van der Waals surface area (Å²) in [5, 5.41) is 25.2. The monoisotopic (exact) mass is 183 g/mol. The molecule has 1 aliphatic heterocycles. The number of nitrogens with one attached hydrogen (secondary N) is 1. The molecule has 1 fully saturated rings. The van der Waals surface area contributed by atoms with E-state index in [0.717, 1.165) is 5.69 Å². The van der Waals surface area contributed by atoms with Gasteiger partial charge >= 0.3 is 0 Å². The normalized spacial score (nSPS) is 29.7. The van der Waals surface area contributed by atoms with Gasteiger partial charge in [-0.1, -0.05) is 0 Å². The third-order valence-corrected chi connectivity index (χ3v) is 2.29. The predicted molar refractivity (Wildman–Crippen MR) is 45.9 cm³/mol. The summed E-state index contributed by atoms with van der Waals surface area (Å²) in [6.45, 7) is 1.76. The van der Waals surface area contributed by atoms with Crippen molar-refractivity contribution in [2.45, 2.75) is 18.8 Å². The number of β-amino-alcohol motifs (C(OH)–C–C–N with tert-alkyl or cyclic N) is 2. The predicted octanol–water partition coefficient (Wildman–Crippen LogP) is -1.05. The molecule has 2 heterocycles. The number of aliphatic hydroxyl groups excluding tert-OH is 2. The van der Waals surface area contributed by atoms with Gasteiger partial charge in [-0.2, -0.15) is 5.10 Å². The minimum atomic E-state index is -0.608. The highest BCUT2D eigenvalue weighted by Gasteiger charge is 2.29. The number of aromatic amines is 1. The van der Waals surface area contributed by atoms with Crippen LogP contribution < -0.4 is 0 Å². The van der Waals surface area contributed by atoms with Crippen molar-refractivity contribution < 1.29 is 10.2 Å². The molecule has 0 saturated carbocycles. The highest BCUT2D eigenvalue weighted by Crippen LogP contribution is 2.12. The van der Waals surface area contributed by atoms with E-state index in [1.54, 1.807) is 6.20 Å². The maximum absolute atomic E-state index is 9.28. The molecule has 0 spiro atoms. The Hall–Kier alpha value is -0.910. The minimum Gasteiger partial charge on any atom is -0.389 e. The van der Waals surface area contributed by atoms with Crippen LogP contribution in [0.4, 0.5) is 0 Å². The maximum atomic E-state index is 9.28. The van der Waals surface area contributed by atoms with Gasteiger partial charge in [-0.15, -0.1) is 0 Å². The van der Waals surface area contributed by atoms with Crippen LogP contribution in [0.15, 0.2) is 12.3 Å². The molecule has 2 rings (SSSR count). The van der Waals surface area contributed by atoms with Crippen molar-refractivity contribution in [3.63, 3.8) is 0 Å². The molecule has 1 aromatic heterocycles. The highest BCUT2D eigenvalue weighted by molar-refractivity contribution is 4.98. The Morgan fingerprint density at radius 1 is 1.46 bits per heavy atom. The van der Waals surface area contributed by atoms with Gasteiger partial charge in [0.15, 0.2) is 0 Å². The summed E-state index contributed by atoms with van der Waals surface area (Å²) in [6.07, 6.45) is 0.476. The smallest absolute Gasteiger partial charge is 0.0938 e.